The molecule has 0 fully saturated rings. The second kappa shape index (κ2) is 8.83. The van der Waals surface area contributed by atoms with Crippen molar-refractivity contribution in [3.63, 3.8) is 0 Å². The number of carbonyl (C=O) groups excluding carboxylic acids is 1. The second-order valence-corrected chi connectivity index (χ2v) is 7.82. The van der Waals surface area contributed by atoms with Gasteiger partial charge in [-0.25, -0.2) is 0 Å². The number of aliphatic hydroxyl groups is 2. The van der Waals surface area contributed by atoms with E-state index in [0.717, 1.165) is 11.3 Å². The first-order valence-corrected chi connectivity index (χ1v) is 10.4. The predicted molar refractivity (Wildman–Crippen MR) is 117 cm³/mol. The fourth-order valence-corrected chi connectivity index (χ4v) is 4.00. The molecule has 7 nitrogen and oxygen atoms in total. The molecule has 0 saturated carbocycles. The summed E-state index contributed by atoms with van der Waals surface area (Å²) in [5.41, 5.74) is 1.40. The highest BCUT2D eigenvalue weighted by Crippen LogP contribution is 2.41. The minimum absolute atomic E-state index is 0.0394. The number of allylic oxidation sites excluding steroid dienone is 1. The largest absolute Gasteiger partial charge is 0.395 e. The fraction of sp³-hybridized carbons (Fsp3) is 0.292. The quantitative estimate of drug-likeness (QED) is 0.489. The lowest BCUT2D eigenvalue weighted by Gasteiger charge is -2.25. The summed E-state index contributed by atoms with van der Waals surface area (Å²) in [6.45, 7) is 2.39. The minimum atomic E-state index is -1.57. The van der Waals surface area contributed by atoms with Crippen molar-refractivity contribution in [1.82, 2.24) is 15.0 Å². The molecule has 3 N–H and O–H groups in total. The van der Waals surface area contributed by atoms with Crippen molar-refractivity contribution in [2.75, 3.05) is 11.9 Å². The van der Waals surface area contributed by atoms with E-state index in [0.29, 0.717) is 24.2 Å². The molecule has 7 heteroatoms. The van der Waals surface area contributed by atoms with Gasteiger partial charge in [-0.05, 0) is 18.1 Å². The number of anilines is 1. The van der Waals surface area contributed by atoms with Crippen LogP contribution in [-0.4, -0.2) is 37.7 Å². The van der Waals surface area contributed by atoms with Crippen LogP contribution >= 0.6 is 0 Å². The van der Waals surface area contributed by atoms with Crippen LogP contribution in [0.5, 0.6) is 0 Å². The maximum absolute atomic E-state index is 12.4. The van der Waals surface area contributed by atoms with Gasteiger partial charge in [0, 0.05) is 29.9 Å². The lowest BCUT2D eigenvalue weighted by Crippen LogP contribution is -2.39. The molecule has 3 atom stereocenters. The highest BCUT2D eigenvalue weighted by Gasteiger charge is 2.48. The molecule has 1 amide bonds. The highest BCUT2D eigenvalue weighted by molar-refractivity contribution is 6.05. The van der Waals surface area contributed by atoms with Gasteiger partial charge < -0.3 is 15.5 Å². The van der Waals surface area contributed by atoms with Crippen LogP contribution in [0.25, 0.3) is 0 Å². The van der Waals surface area contributed by atoms with Gasteiger partial charge in [-0.3, -0.25) is 9.48 Å². The number of amides is 1. The normalized spacial score (nSPS) is 19.9. The van der Waals surface area contributed by atoms with Crippen molar-refractivity contribution < 1.29 is 15.0 Å². The van der Waals surface area contributed by atoms with Gasteiger partial charge in [-0.2, -0.15) is 0 Å². The molecule has 160 valence electrons. The lowest BCUT2D eigenvalue weighted by molar-refractivity contribution is -0.137. The molecule has 2 heterocycles. The van der Waals surface area contributed by atoms with Gasteiger partial charge in [0.25, 0.3) is 5.91 Å². The van der Waals surface area contributed by atoms with Crippen LogP contribution in [0, 0.1) is 5.92 Å². The van der Waals surface area contributed by atoms with E-state index in [1.54, 1.807) is 16.8 Å². The highest BCUT2D eigenvalue weighted by atomic mass is 16.3. The predicted octanol–water partition coefficient (Wildman–Crippen LogP) is 2.82. The number of hydrogen-bond acceptors (Lipinski definition) is 5. The molecule has 0 saturated heterocycles. The van der Waals surface area contributed by atoms with Crippen LogP contribution in [-0.2, 0) is 16.9 Å². The van der Waals surface area contributed by atoms with Crippen molar-refractivity contribution in [2.24, 2.45) is 5.92 Å². The Labute approximate surface area is 181 Å². The summed E-state index contributed by atoms with van der Waals surface area (Å²) in [4.78, 5) is 12.4. The van der Waals surface area contributed by atoms with Crippen LogP contribution in [0.15, 0.2) is 72.9 Å². The number of hydrogen-bond donors (Lipinski definition) is 3. The molecule has 1 aliphatic rings. The Balaban J connectivity index is 1.38. The molecule has 31 heavy (non-hydrogen) atoms. The van der Waals surface area contributed by atoms with Gasteiger partial charge in [0.2, 0.25) is 0 Å². The van der Waals surface area contributed by atoms with Gasteiger partial charge in [0.1, 0.15) is 0 Å². The fourth-order valence-electron chi connectivity index (χ4n) is 4.00. The summed E-state index contributed by atoms with van der Waals surface area (Å²) >= 11 is 0. The van der Waals surface area contributed by atoms with Crippen LogP contribution in [0.2, 0.25) is 0 Å². The van der Waals surface area contributed by atoms with Gasteiger partial charge in [-0.15, -0.1) is 5.10 Å². The summed E-state index contributed by atoms with van der Waals surface area (Å²) in [5.74, 6) is -0.997. The summed E-state index contributed by atoms with van der Waals surface area (Å²) in [6, 6.07) is 17.0. The van der Waals surface area contributed by atoms with Crippen molar-refractivity contribution in [1.29, 1.82) is 0 Å². The van der Waals surface area contributed by atoms with Crippen molar-refractivity contribution >= 4 is 11.6 Å². The number of rotatable bonds is 8. The van der Waals surface area contributed by atoms with E-state index in [1.165, 1.54) is 0 Å². The number of carbonyl (C=O) groups is 1. The first-order valence-electron chi connectivity index (χ1n) is 10.4. The third-order valence-electron chi connectivity index (χ3n) is 5.84. The zero-order chi connectivity index (χ0) is 21.8. The molecular weight excluding hydrogens is 392 g/mol. The van der Waals surface area contributed by atoms with Gasteiger partial charge in [0.15, 0.2) is 5.60 Å². The monoisotopic (exact) mass is 418 g/mol. The molecular formula is C24H26N4O3. The van der Waals surface area contributed by atoms with E-state index >= 15 is 0 Å². The van der Waals surface area contributed by atoms with E-state index in [4.69, 9.17) is 0 Å². The Morgan fingerprint density at radius 3 is 2.68 bits per heavy atom. The maximum Gasteiger partial charge on any atom is 0.261 e. The zero-order valence-corrected chi connectivity index (χ0v) is 17.3. The first-order chi connectivity index (χ1) is 15.0. The van der Waals surface area contributed by atoms with E-state index < -0.39 is 11.5 Å². The molecule has 1 aromatic heterocycles. The smallest absolute Gasteiger partial charge is 0.261 e. The summed E-state index contributed by atoms with van der Waals surface area (Å²) in [6.07, 6.45) is 6.32. The van der Waals surface area contributed by atoms with E-state index in [9.17, 15) is 15.0 Å². The van der Waals surface area contributed by atoms with Crippen LogP contribution in [0.1, 0.15) is 36.1 Å². The topological polar surface area (TPSA) is 100 Å². The number of aromatic nitrogens is 3. The van der Waals surface area contributed by atoms with Crippen LogP contribution in [0.4, 0.5) is 5.69 Å². The van der Waals surface area contributed by atoms with Gasteiger partial charge >= 0.3 is 0 Å². The molecule has 0 bridgehead atoms. The number of nitrogens with one attached hydrogen (secondary N) is 1. The molecule has 0 radical (unpaired) electrons. The first kappa shape index (κ1) is 21.0. The Morgan fingerprint density at radius 1 is 1.16 bits per heavy atom. The minimum Gasteiger partial charge on any atom is -0.395 e. The van der Waals surface area contributed by atoms with Crippen LogP contribution < -0.4 is 5.32 Å². The third kappa shape index (κ3) is 4.02. The average Bonchev–Trinajstić information content (AvgIpc) is 3.36. The lowest BCUT2D eigenvalue weighted by atomic mass is 9.83. The van der Waals surface area contributed by atoms with Crippen LogP contribution in [0.3, 0.4) is 0 Å². The number of aryl methyl sites for hydroxylation is 1. The Hall–Kier alpha value is -3.29. The number of nitrogens with zero attached hydrogens (tertiary/aromatic N) is 3. The van der Waals surface area contributed by atoms with Gasteiger partial charge in [-0.1, -0.05) is 72.8 Å². The number of aliphatic hydroxyl groups excluding tert-OH is 1. The Bertz CT molecular complexity index is 1080. The second-order valence-electron chi connectivity index (χ2n) is 7.82. The Morgan fingerprint density at radius 2 is 1.90 bits per heavy atom. The molecule has 1 aliphatic heterocycles. The van der Waals surface area contributed by atoms with E-state index in [1.807, 2.05) is 67.7 Å². The number of benzene rings is 2. The number of fused-ring (bicyclic) bond motifs is 1. The average molecular weight is 418 g/mol. The Kier molecular flexibility index (Phi) is 5.97. The molecule has 0 aliphatic carbocycles. The van der Waals surface area contributed by atoms with Crippen molar-refractivity contribution in [3.8, 4) is 0 Å². The van der Waals surface area contributed by atoms with Crippen molar-refractivity contribution in [3.05, 3.63) is 89.8 Å². The molecule has 0 spiro atoms. The van der Waals surface area contributed by atoms with E-state index in [-0.39, 0.29) is 18.4 Å². The maximum atomic E-state index is 12.4. The van der Waals surface area contributed by atoms with Crippen molar-refractivity contribution in [2.45, 2.75) is 31.4 Å². The molecule has 1 unspecified atom stereocenters. The third-order valence-corrected chi connectivity index (χ3v) is 5.84. The zero-order valence-electron chi connectivity index (χ0n) is 17.3. The number of para-hydroxylation sites is 1. The molecule has 4 rings (SSSR count). The summed E-state index contributed by atoms with van der Waals surface area (Å²) in [7, 11) is 0. The summed E-state index contributed by atoms with van der Waals surface area (Å²) < 4.78 is 1.74. The molecule has 3 aromatic rings. The SMILES string of the molecule is C[C@H](/C=C/CCn1cc(C(CO)c2ccccc2)nn1)[C@@]1(O)C(=O)Nc2ccccc21. The summed E-state index contributed by atoms with van der Waals surface area (Å²) in [5, 5.41) is 32.0. The standard InChI is InChI=1S/C24H26N4O3/c1-17(24(31)20-12-5-6-13-21(20)25-23(24)30)9-7-8-14-28-15-22(26-27-28)19(16-29)18-10-3-2-4-11-18/h2-7,9-13,15,17,19,29,31H,8,14,16H2,1H3,(H,25,30)/b9-7+/t17-,19?,24+/m1/s1. The molecule has 2 aromatic carbocycles. The van der Waals surface area contributed by atoms with Gasteiger partial charge in [0.05, 0.1) is 18.2 Å². The van der Waals surface area contributed by atoms with E-state index in [2.05, 4.69) is 15.6 Å².